The first-order chi connectivity index (χ1) is 4.04. The van der Waals surface area contributed by atoms with Gasteiger partial charge in [-0.1, -0.05) is 6.58 Å². The highest BCUT2D eigenvalue weighted by Gasteiger charge is 2.14. The molecular formula is C6H11NO2. The van der Waals surface area contributed by atoms with E-state index in [9.17, 15) is 10.0 Å². The van der Waals surface area contributed by atoms with Crippen LogP contribution in [0.25, 0.3) is 0 Å². The van der Waals surface area contributed by atoms with Gasteiger partial charge in [-0.05, 0) is 6.92 Å². The van der Waals surface area contributed by atoms with Crippen LogP contribution >= 0.6 is 0 Å². The lowest BCUT2D eigenvalue weighted by Crippen LogP contribution is -2.42. The van der Waals surface area contributed by atoms with Gasteiger partial charge in [0.1, 0.15) is 0 Å². The third-order valence-electron chi connectivity index (χ3n) is 1.24. The molecule has 1 atom stereocenters. The molecule has 0 fully saturated rings. The fourth-order valence-corrected chi connectivity index (χ4v) is 0.349. The molecule has 52 valence electrons. The predicted molar refractivity (Wildman–Crippen MR) is 35.3 cm³/mol. The minimum atomic E-state index is -0.858. The topological polar surface area (TPSA) is 40.1 Å². The molecular weight excluding hydrogens is 118 g/mol. The maximum Gasteiger partial charge on any atom is 0.337 e. The summed E-state index contributed by atoms with van der Waals surface area (Å²) >= 11 is 0. The van der Waals surface area contributed by atoms with Crippen molar-refractivity contribution < 1.29 is 9.44 Å². The Labute approximate surface area is 54.8 Å². The van der Waals surface area contributed by atoms with Gasteiger partial charge in [-0.2, -0.15) is 0 Å². The maximum absolute atomic E-state index is 10.9. The van der Waals surface area contributed by atoms with Crippen molar-refractivity contribution in [1.29, 1.82) is 0 Å². The SMILES string of the molecule is C=CC(=O)[N+](C)([O-])CC. The van der Waals surface area contributed by atoms with Crippen molar-refractivity contribution in [3.63, 3.8) is 0 Å². The van der Waals surface area contributed by atoms with Gasteiger partial charge in [-0.25, -0.2) is 4.79 Å². The average molecular weight is 129 g/mol. The molecule has 0 aliphatic carbocycles. The molecule has 3 nitrogen and oxygen atoms in total. The second-order valence-electron chi connectivity index (χ2n) is 1.96. The van der Waals surface area contributed by atoms with Crippen LogP contribution < -0.4 is 0 Å². The summed E-state index contributed by atoms with van der Waals surface area (Å²) in [5.74, 6) is -0.488. The Hall–Kier alpha value is -0.670. The number of hydroxylamine groups is 3. The van der Waals surface area contributed by atoms with Crippen molar-refractivity contribution in [3.8, 4) is 0 Å². The molecule has 0 rings (SSSR count). The zero-order valence-electron chi connectivity index (χ0n) is 5.76. The third-order valence-corrected chi connectivity index (χ3v) is 1.24. The van der Waals surface area contributed by atoms with Crippen LogP contribution in [0.2, 0.25) is 0 Å². The molecule has 3 heteroatoms. The Bertz CT molecular complexity index is 129. The summed E-state index contributed by atoms with van der Waals surface area (Å²) in [6.45, 7) is 5.13. The number of hydrogen-bond acceptors (Lipinski definition) is 2. The van der Waals surface area contributed by atoms with E-state index in [0.29, 0.717) is 0 Å². The molecule has 9 heavy (non-hydrogen) atoms. The second-order valence-corrected chi connectivity index (χ2v) is 1.96. The summed E-state index contributed by atoms with van der Waals surface area (Å²) in [6.07, 6.45) is 1.05. The van der Waals surface area contributed by atoms with Crippen LogP contribution in [-0.4, -0.2) is 24.1 Å². The van der Waals surface area contributed by atoms with Crippen molar-refractivity contribution in [2.75, 3.05) is 13.6 Å². The van der Waals surface area contributed by atoms with E-state index in [1.165, 1.54) is 7.05 Å². The van der Waals surface area contributed by atoms with Gasteiger partial charge in [-0.3, -0.25) is 4.65 Å². The average Bonchev–Trinajstić information content (AvgIpc) is 1.86. The molecule has 0 aromatic carbocycles. The lowest BCUT2D eigenvalue weighted by Gasteiger charge is -2.32. The van der Waals surface area contributed by atoms with Crippen LogP contribution in [0.5, 0.6) is 0 Å². The Morgan fingerprint density at radius 2 is 2.33 bits per heavy atom. The van der Waals surface area contributed by atoms with Gasteiger partial charge in [0.25, 0.3) is 0 Å². The first-order valence-electron chi connectivity index (χ1n) is 2.78. The van der Waals surface area contributed by atoms with Crippen LogP contribution in [-0.2, 0) is 4.79 Å². The highest BCUT2D eigenvalue weighted by atomic mass is 16.6. The normalized spacial score (nSPS) is 16.3. The summed E-state index contributed by atoms with van der Waals surface area (Å²) < 4.78 is -0.858. The molecule has 0 aromatic rings. The van der Waals surface area contributed by atoms with E-state index in [0.717, 1.165) is 6.08 Å². The minimum absolute atomic E-state index is 0.255. The van der Waals surface area contributed by atoms with Crippen LogP contribution in [0.3, 0.4) is 0 Å². The number of quaternary nitrogens is 1. The van der Waals surface area contributed by atoms with E-state index in [1.807, 2.05) is 0 Å². The van der Waals surface area contributed by atoms with Gasteiger partial charge in [0.15, 0.2) is 0 Å². The number of nitrogens with zero attached hydrogens (tertiary/aromatic N) is 1. The number of amides is 1. The Morgan fingerprint density at radius 3 is 2.44 bits per heavy atom. The van der Waals surface area contributed by atoms with E-state index in [-0.39, 0.29) is 6.54 Å². The van der Waals surface area contributed by atoms with E-state index >= 15 is 0 Å². The molecule has 0 spiro atoms. The molecule has 0 N–H and O–H groups in total. The lowest BCUT2D eigenvalue weighted by atomic mass is 10.5. The molecule has 1 amide bonds. The van der Waals surface area contributed by atoms with E-state index in [4.69, 9.17) is 0 Å². The maximum atomic E-state index is 10.9. The summed E-state index contributed by atoms with van der Waals surface area (Å²) in [6, 6.07) is 0. The third kappa shape index (κ3) is 1.95. The first-order valence-corrected chi connectivity index (χ1v) is 2.78. The molecule has 0 aliphatic heterocycles. The Balaban J connectivity index is 4.13. The van der Waals surface area contributed by atoms with Crippen molar-refractivity contribution in [3.05, 3.63) is 17.9 Å². The smallest absolute Gasteiger partial charge is 0.337 e. The summed E-state index contributed by atoms with van der Waals surface area (Å²) in [7, 11) is 1.31. The molecule has 0 radical (unpaired) electrons. The number of carbonyl (C=O) groups is 1. The number of rotatable bonds is 2. The van der Waals surface area contributed by atoms with Gasteiger partial charge in [0.2, 0.25) is 0 Å². The molecule has 0 aromatic heterocycles. The van der Waals surface area contributed by atoms with Crippen LogP contribution in [0, 0.1) is 5.21 Å². The molecule has 1 unspecified atom stereocenters. The zero-order valence-corrected chi connectivity index (χ0v) is 5.76. The molecule has 0 heterocycles. The molecule has 0 aliphatic rings. The highest BCUT2D eigenvalue weighted by Crippen LogP contribution is 1.98. The van der Waals surface area contributed by atoms with Crippen molar-refractivity contribution in [2.45, 2.75) is 6.92 Å². The number of carbonyl (C=O) groups excluding carboxylic acids is 1. The van der Waals surface area contributed by atoms with Gasteiger partial charge in [0, 0.05) is 6.08 Å². The quantitative estimate of drug-likeness (QED) is 0.312. The van der Waals surface area contributed by atoms with Crippen LogP contribution in [0.4, 0.5) is 0 Å². The van der Waals surface area contributed by atoms with Crippen molar-refractivity contribution in [1.82, 2.24) is 0 Å². The van der Waals surface area contributed by atoms with Gasteiger partial charge in [0.05, 0.1) is 13.6 Å². The largest absolute Gasteiger partial charge is 0.625 e. The number of hydrogen-bond donors (Lipinski definition) is 0. The van der Waals surface area contributed by atoms with Gasteiger partial charge in [-0.15, -0.1) is 0 Å². The minimum Gasteiger partial charge on any atom is -0.625 e. The van der Waals surface area contributed by atoms with E-state index in [1.54, 1.807) is 6.92 Å². The fraction of sp³-hybridized carbons (Fsp3) is 0.500. The zero-order chi connectivity index (χ0) is 7.49. The fourth-order valence-electron chi connectivity index (χ4n) is 0.349. The van der Waals surface area contributed by atoms with Crippen LogP contribution in [0.15, 0.2) is 12.7 Å². The van der Waals surface area contributed by atoms with Gasteiger partial charge >= 0.3 is 5.91 Å². The standard InChI is InChI=1S/C6H11NO2/c1-4-6(8)7(3,9)5-2/h4H,1,5H2,2-3H3. The molecule has 0 saturated heterocycles. The molecule has 0 saturated carbocycles. The second kappa shape index (κ2) is 2.75. The van der Waals surface area contributed by atoms with E-state index < -0.39 is 10.6 Å². The summed E-state index contributed by atoms with van der Waals surface area (Å²) in [5.41, 5.74) is 0. The van der Waals surface area contributed by atoms with Crippen LogP contribution in [0.1, 0.15) is 6.92 Å². The van der Waals surface area contributed by atoms with Crippen molar-refractivity contribution >= 4 is 5.91 Å². The monoisotopic (exact) mass is 129 g/mol. The summed E-state index contributed by atoms with van der Waals surface area (Å²) in [5, 5.41) is 10.9. The Kier molecular flexibility index (Phi) is 2.55. The highest BCUT2D eigenvalue weighted by molar-refractivity contribution is 5.80. The predicted octanol–water partition coefficient (Wildman–Crippen LogP) is 0.663. The number of likely N-dealkylation sites (N-methyl/N-ethyl adjacent to an activating group) is 1. The summed E-state index contributed by atoms with van der Waals surface area (Å²) in [4.78, 5) is 10.6. The van der Waals surface area contributed by atoms with E-state index in [2.05, 4.69) is 6.58 Å². The first kappa shape index (κ1) is 8.33. The Morgan fingerprint density at radius 1 is 1.89 bits per heavy atom. The van der Waals surface area contributed by atoms with Gasteiger partial charge < -0.3 is 5.21 Å². The molecule has 0 bridgehead atoms. The lowest BCUT2D eigenvalue weighted by molar-refractivity contribution is -0.777. The van der Waals surface area contributed by atoms with Crippen molar-refractivity contribution in [2.24, 2.45) is 0 Å².